The Bertz CT molecular complexity index is 419. The predicted molar refractivity (Wildman–Crippen MR) is 69.1 cm³/mol. The van der Waals surface area contributed by atoms with Crippen LogP contribution in [0.3, 0.4) is 0 Å². The highest BCUT2D eigenvalue weighted by Gasteiger charge is 2.09. The van der Waals surface area contributed by atoms with Crippen molar-refractivity contribution in [2.75, 3.05) is 27.2 Å². The summed E-state index contributed by atoms with van der Waals surface area (Å²) >= 11 is 0. The van der Waals surface area contributed by atoms with E-state index in [-0.39, 0.29) is 5.82 Å². The Kier molecular flexibility index (Phi) is 5.58. The topological polar surface area (TPSA) is 45.1 Å². The van der Waals surface area contributed by atoms with E-state index in [9.17, 15) is 4.39 Å². The molecule has 0 spiro atoms. The van der Waals surface area contributed by atoms with Gasteiger partial charge in [0, 0.05) is 18.2 Å². The summed E-state index contributed by atoms with van der Waals surface area (Å²) in [6.45, 7) is 3.03. The van der Waals surface area contributed by atoms with Gasteiger partial charge in [-0.25, -0.2) is 4.39 Å². The maximum atomic E-state index is 13.2. The summed E-state index contributed by atoms with van der Waals surface area (Å²) in [5, 5.41) is 11.9. The number of rotatable bonds is 6. The summed E-state index contributed by atoms with van der Waals surface area (Å²) in [5.74, 6) is 0.0381. The molecule has 0 fully saturated rings. The molecule has 0 amide bonds. The van der Waals surface area contributed by atoms with Gasteiger partial charge in [-0.3, -0.25) is 0 Å². The van der Waals surface area contributed by atoms with E-state index in [1.807, 2.05) is 14.1 Å². The van der Waals surface area contributed by atoms with Gasteiger partial charge < -0.3 is 14.8 Å². The quantitative estimate of drug-likeness (QED) is 0.367. The molecule has 1 N–H and O–H groups in total. The lowest BCUT2D eigenvalue weighted by molar-refractivity contribution is 0.279. The second-order valence-electron chi connectivity index (χ2n) is 4.33. The predicted octanol–water partition coefficient (Wildman–Crippen LogP) is 2.35. The molecular formula is C13H19FN2O2. The molecule has 1 aromatic rings. The molecule has 0 saturated heterocycles. The van der Waals surface area contributed by atoms with E-state index < -0.39 is 0 Å². The summed E-state index contributed by atoms with van der Waals surface area (Å²) < 4.78 is 18.7. The third-order valence-electron chi connectivity index (χ3n) is 2.49. The lowest BCUT2D eigenvalue weighted by Crippen LogP contribution is -2.16. The van der Waals surface area contributed by atoms with Crippen molar-refractivity contribution in [2.45, 2.75) is 13.3 Å². The number of nitrogens with zero attached hydrogens (tertiary/aromatic N) is 2. The fourth-order valence-corrected chi connectivity index (χ4v) is 1.53. The summed E-state index contributed by atoms with van der Waals surface area (Å²) in [6.07, 6.45) is 0.846. The van der Waals surface area contributed by atoms with Crippen molar-refractivity contribution in [3.63, 3.8) is 0 Å². The fourth-order valence-electron chi connectivity index (χ4n) is 1.53. The first kappa shape index (κ1) is 14.4. The summed E-state index contributed by atoms with van der Waals surface area (Å²) in [6, 6.07) is 4.17. The van der Waals surface area contributed by atoms with Crippen LogP contribution in [0.15, 0.2) is 23.4 Å². The van der Waals surface area contributed by atoms with Crippen LogP contribution in [0.25, 0.3) is 0 Å². The minimum absolute atomic E-state index is 0.368. The average Bonchev–Trinajstić information content (AvgIpc) is 2.33. The van der Waals surface area contributed by atoms with Crippen LogP contribution in [-0.4, -0.2) is 43.1 Å². The Morgan fingerprint density at radius 2 is 2.17 bits per heavy atom. The largest absolute Gasteiger partial charge is 0.493 e. The molecule has 100 valence electrons. The number of oxime groups is 1. The normalized spacial score (nSPS) is 11.9. The standard InChI is InChI=1S/C13H19FN2O2/c1-10(15-17)12-6-5-11(14)9-13(12)18-8-4-7-16(2)3/h5-6,9,17H,4,7-8H2,1-3H3/b15-10+. The number of hydrogen-bond acceptors (Lipinski definition) is 4. The lowest BCUT2D eigenvalue weighted by Gasteiger charge is -2.13. The van der Waals surface area contributed by atoms with Crippen molar-refractivity contribution < 1.29 is 14.3 Å². The van der Waals surface area contributed by atoms with E-state index in [1.165, 1.54) is 12.1 Å². The molecule has 0 aliphatic heterocycles. The van der Waals surface area contributed by atoms with Crippen molar-refractivity contribution in [3.05, 3.63) is 29.6 Å². The van der Waals surface area contributed by atoms with Gasteiger partial charge >= 0.3 is 0 Å². The Morgan fingerprint density at radius 1 is 1.44 bits per heavy atom. The number of halogens is 1. The number of hydrogen-bond donors (Lipinski definition) is 1. The second-order valence-corrected chi connectivity index (χ2v) is 4.33. The molecule has 1 aromatic carbocycles. The van der Waals surface area contributed by atoms with Gasteiger partial charge in [-0.05, 0) is 39.6 Å². The highest BCUT2D eigenvalue weighted by atomic mass is 19.1. The van der Waals surface area contributed by atoms with Crippen LogP contribution in [0.2, 0.25) is 0 Å². The molecule has 1 rings (SSSR count). The summed E-state index contributed by atoms with van der Waals surface area (Å²) in [5.41, 5.74) is 1.00. The first-order valence-corrected chi connectivity index (χ1v) is 5.80. The smallest absolute Gasteiger partial charge is 0.131 e. The monoisotopic (exact) mass is 254 g/mol. The molecule has 0 unspecified atom stereocenters. The van der Waals surface area contributed by atoms with Crippen LogP contribution in [0.4, 0.5) is 4.39 Å². The van der Waals surface area contributed by atoms with Gasteiger partial charge in [-0.1, -0.05) is 5.16 Å². The lowest BCUT2D eigenvalue weighted by atomic mass is 10.1. The van der Waals surface area contributed by atoms with Crippen LogP contribution >= 0.6 is 0 Å². The fraction of sp³-hybridized carbons (Fsp3) is 0.462. The maximum Gasteiger partial charge on any atom is 0.131 e. The van der Waals surface area contributed by atoms with Gasteiger partial charge in [0.05, 0.1) is 12.3 Å². The minimum Gasteiger partial charge on any atom is -0.493 e. The molecule has 0 saturated carbocycles. The molecule has 0 aliphatic rings. The van der Waals surface area contributed by atoms with Crippen LogP contribution in [0.5, 0.6) is 5.75 Å². The van der Waals surface area contributed by atoms with E-state index in [4.69, 9.17) is 9.94 Å². The molecular weight excluding hydrogens is 235 g/mol. The van der Waals surface area contributed by atoms with Gasteiger partial charge in [0.2, 0.25) is 0 Å². The molecule has 18 heavy (non-hydrogen) atoms. The SMILES string of the molecule is C/C(=N\O)c1ccc(F)cc1OCCCN(C)C. The second kappa shape index (κ2) is 6.96. The van der Waals surface area contributed by atoms with E-state index in [2.05, 4.69) is 10.1 Å². The van der Waals surface area contributed by atoms with Gasteiger partial charge in [0.15, 0.2) is 0 Å². The van der Waals surface area contributed by atoms with Crippen LogP contribution < -0.4 is 4.74 Å². The molecule has 0 bridgehead atoms. The Balaban J connectivity index is 2.71. The first-order chi connectivity index (χ1) is 8.54. The number of benzene rings is 1. The van der Waals surface area contributed by atoms with E-state index >= 15 is 0 Å². The van der Waals surface area contributed by atoms with Gasteiger partial charge in [-0.15, -0.1) is 0 Å². The third-order valence-corrected chi connectivity index (χ3v) is 2.49. The number of ether oxygens (including phenoxy) is 1. The molecule has 0 aromatic heterocycles. The Hall–Kier alpha value is -1.62. The Morgan fingerprint density at radius 3 is 2.78 bits per heavy atom. The molecule has 0 atom stereocenters. The van der Waals surface area contributed by atoms with Crippen LogP contribution in [-0.2, 0) is 0 Å². The summed E-state index contributed by atoms with van der Waals surface area (Å²) in [7, 11) is 3.96. The van der Waals surface area contributed by atoms with Gasteiger partial charge in [0.25, 0.3) is 0 Å². The zero-order valence-electron chi connectivity index (χ0n) is 11.0. The molecule has 0 aliphatic carbocycles. The first-order valence-electron chi connectivity index (χ1n) is 5.80. The van der Waals surface area contributed by atoms with Crippen molar-refractivity contribution in [1.29, 1.82) is 0 Å². The van der Waals surface area contributed by atoms with E-state index in [0.717, 1.165) is 13.0 Å². The van der Waals surface area contributed by atoms with Gasteiger partial charge in [0.1, 0.15) is 11.6 Å². The van der Waals surface area contributed by atoms with Gasteiger partial charge in [-0.2, -0.15) is 0 Å². The van der Waals surface area contributed by atoms with Crippen LogP contribution in [0, 0.1) is 5.82 Å². The van der Waals surface area contributed by atoms with Crippen molar-refractivity contribution in [2.24, 2.45) is 5.16 Å². The highest BCUT2D eigenvalue weighted by molar-refractivity contribution is 6.00. The maximum absolute atomic E-state index is 13.2. The van der Waals surface area contributed by atoms with Crippen molar-refractivity contribution in [1.82, 2.24) is 4.90 Å². The molecule has 5 heteroatoms. The summed E-state index contributed by atoms with van der Waals surface area (Å²) in [4.78, 5) is 2.05. The minimum atomic E-state index is -0.368. The third kappa shape index (κ3) is 4.33. The highest BCUT2D eigenvalue weighted by Crippen LogP contribution is 2.21. The molecule has 0 heterocycles. The zero-order chi connectivity index (χ0) is 13.5. The average molecular weight is 254 g/mol. The zero-order valence-corrected chi connectivity index (χ0v) is 11.0. The van der Waals surface area contributed by atoms with Crippen molar-refractivity contribution >= 4 is 5.71 Å². The Labute approximate surface area is 107 Å². The molecule has 4 nitrogen and oxygen atoms in total. The van der Waals surface area contributed by atoms with E-state index in [0.29, 0.717) is 23.6 Å². The van der Waals surface area contributed by atoms with E-state index in [1.54, 1.807) is 13.0 Å². The van der Waals surface area contributed by atoms with Crippen LogP contribution in [0.1, 0.15) is 18.9 Å². The van der Waals surface area contributed by atoms with Crippen molar-refractivity contribution in [3.8, 4) is 5.75 Å². The molecule has 0 radical (unpaired) electrons.